The van der Waals surface area contributed by atoms with E-state index in [4.69, 9.17) is 0 Å². The first-order chi connectivity index (χ1) is 14.5. The number of allylic oxidation sites excluding steroid dienone is 3. The molecule has 0 aromatic rings. The zero-order valence-corrected chi connectivity index (χ0v) is 19.9. The van der Waals surface area contributed by atoms with Crippen LogP contribution in [-0.2, 0) is 0 Å². The van der Waals surface area contributed by atoms with Gasteiger partial charge in [0.1, 0.15) is 0 Å². The molecule has 0 radical (unpaired) electrons. The molecular weight excluding hydrogens is 391 g/mol. The number of rotatable bonds is 6. The van der Waals surface area contributed by atoms with Crippen LogP contribution in [0.2, 0.25) is 0 Å². The summed E-state index contributed by atoms with van der Waals surface area (Å²) in [6.45, 7) is 8.66. The molecule has 31 heavy (non-hydrogen) atoms. The Morgan fingerprint density at radius 1 is 1.23 bits per heavy atom. The summed E-state index contributed by atoms with van der Waals surface area (Å²) in [4.78, 5) is 0. The van der Waals surface area contributed by atoms with Crippen LogP contribution in [0.3, 0.4) is 0 Å². The lowest BCUT2D eigenvalue weighted by Gasteiger charge is -2.44. The Bertz CT molecular complexity index is 716. The Kier molecular flexibility index (Phi) is 7.87. The summed E-state index contributed by atoms with van der Waals surface area (Å²) in [7, 11) is 0. The number of aliphatic hydroxyl groups excluding tert-OH is 2. The standard InChI is InChI=1S/C27H43FO3/c1-18(7-5-13-26(2,3)31)23-11-12-24-19(8-6-14-27(23,24)4)9-10-20-15-21(29)16-25(30)22(20)17-28/h9-10,17-18,21,23-25,29-31H,5-8,11-16H2,1-4H3/b19-9+,20-10+,22-17+/t18-,21-,23-,24+,25+,27-/m1/s1. The van der Waals surface area contributed by atoms with Crippen molar-refractivity contribution in [1.82, 2.24) is 0 Å². The van der Waals surface area contributed by atoms with Crippen molar-refractivity contribution < 1.29 is 19.7 Å². The molecule has 176 valence electrons. The van der Waals surface area contributed by atoms with Gasteiger partial charge >= 0.3 is 0 Å². The van der Waals surface area contributed by atoms with E-state index in [9.17, 15) is 19.7 Å². The van der Waals surface area contributed by atoms with Crippen molar-refractivity contribution in [2.45, 2.75) is 110 Å². The van der Waals surface area contributed by atoms with Gasteiger partial charge in [0, 0.05) is 12.0 Å². The van der Waals surface area contributed by atoms with Gasteiger partial charge in [0.15, 0.2) is 0 Å². The summed E-state index contributed by atoms with van der Waals surface area (Å²) in [5, 5.41) is 30.2. The van der Waals surface area contributed by atoms with Gasteiger partial charge in [-0.05, 0) is 87.5 Å². The number of hydrogen-bond acceptors (Lipinski definition) is 3. The lowest BCUT2D eigenvalue weighted by Crippen LogP contribution is -2.36. The second-order valence-electron chi connectivity index (χ2n) is 11.4. The van der Waals surface area contributed by atoms with Crippen LogP contribution in [-0.4, -0.2) is 33.1 Å². The molecule has 6 atom stereocenters. The molecule has 3 fully saturated rings. The van der Waals surface area contributed by atoms with Gasteiger partial charge in [-0.25, -0.2) is 4.39 Å². The van der Waals surface area contributed by atoms with Gasteiger partial charge in [0.25, 0.3) is 0 Å². The molecule has 0 amide bonds. The zero-order valence-electron chi connectivity index (χ0n) is 19.9. The lowest BCUT2D eigenvalue weighted by molar-refractivity contribution is 0.0596. The van der Waals surface area contributed by atoms with E-state index in [2.05, 4.69) is 19.9 Å². The van der Waals surface area contributed by atoms with Gasteiger partial charge in [-0.15, -0.1) is 0 Å². The average molecular weight is 435 g/mol. The fraction of sp³-hybridized carbons (Fsp3) is 0.778. The maximum atomic E-state index is 13.4. The predicted molar refractivity (Wildman–Crippen MR) is 124 cm³/mol. The molecule has 3 aliphatic carbocycles. The van der Waals surface area contributed by atoms with Crippen LogP contribution in [0, 0.1) is 23.2 Å². The summed E-state index contributed by atoms with van der Waals surface area (Å²) < 4.78 is 13.4. The second kappa shape index (κ2) is 9.89. The molecule has 3 rings (SSSR count). The normalized spacial score (nSPS) is 39.3. The maximum absolute atomic E-state index is 13.4. The van der Waals surface area contributed by atoms with Crippen molar-refractivity contribution in [1.29, 1.82) is 0 Å². The van der Waals surface area contributed by atoms with E-state index in [1.807, 2.05) is 19.9 Å². The smallest absolute Gasteiger partial charge is 0.0927 e. The number of halogens is 1. The fourth-order valence-electron chi connectivity index (χ4n) is 6.84. The first-order valence-electron chi connectivity index (χ1n) is 12.3. The predicted octanol–water partition coefficient (Wildman–Crippen LogP) is 6.00. The van der Waals surface area contributed by atoms with Gasteiger partial charge < -0.3 is 15.3 Å². The molecule has 3 aliphatic rings. The molecule has 3 nitrogen and oxygen atoms in total. The Labute approximate surface area is 188 Å². The molecule has 0 unspecified atom stereocenters. The van der Waals surface area contributed by atoms with Crippen molar-refractivity contribution in [2.24, 2.45) is 23.2 Å². The Hall–Kier alpha value is -0.970. The zero-order chi connectivity index (χ0) is 22.8. The van der Waals surface area contributed by atoms with Gasteiger partial charge in [-0.2, -0.15) is 0 Å². The minimum atomic E-state index is -0.921. The number of fused-ring (bicyclic) bond motifs is 1. The molecule has 0 bridgehead atoms. The summed E-state index contributed by atoms with van der Waals surface area (Å²) in [5.74, 6) is 1.92. The van der Waals surface area contributed by atoms with E-state index >= 15 is 0 Å². The Balaban J connectivity index is 1.73. The lowest BCUT2D eigenvalue weighted by atomic mass is 9.60. The van der Waals surface area contributed by atoms with Crippen molar-refractivity contribution in [3.63, 3.8) is 0 Å². The summed E-state index contributed by atoms with van der Waals surface area (Å²) in [5.41, 5.74) is 2.23. The van der Waals surface area contributed by atoms with Crippen molar-refractivity contribution in [2.75, 3.05) is 0 Å². The highest BCUT2D eigenvalue weighted by Gasteiger charge is 2.50. The van der Waals surface area contributed by atoms with E-state index in [0.29, 0.717) is 41.5 Å². The SMILES string of the molecule is C[C@H](CCCC(C)(C)O)[C@H]1CC[C@H]2/C(=C/C=C3\C[C@@H](O)C[C@H](O)\C3=C\F)CCC[C@]12C. The summed E-state index contributed by atoms with van der Waals surface area (Å²) >= 11 is 0. The van der Waals surface area contributed by atoms with Crippen LogP contribution in [0.4, 0.5) is 4.39 Å². The largest absolute Gasteiger partial charge is 0.393 e. The quantitative estimate of drug-likeness (QED) is 0.480. The Morgan fingerprint density at radius 3 is 2.65 bits per heavy atom. The molecule has 0 heterocycles. The van der Waals surface area contributed by atoms with E-state index in [1.54, 1.807) is 0 Å². The molecule has 0 spiro atoms. The van der Waals surface area contributed by atoms with Crippen LogP contribution in [0.15, 0.2) is 35.2 Å². The van der Waals surface area contributed by atoms with Crippen LogP contribution in [0.5, 0.6) is 0 Å². The highest BCUT2D eigenvalue weighted by molar-refractivity contribution is 5.39. The van der Waals surface area contributed by atoms with Gasteiger partial charge in [-0.3, -0.25) is 0 Å². The average Bonchev–Trinajstić information content (AvgIpc) is 3.02. The highest BCUT2D eigenvalue weighted by Crippen LogP contribution is 2.60. The molecule has 4 heteroatoms. The van der Waals surface area contributed by atoms with Crippen LogP contribution >= 0.6 is 0 Å². The summed E-state index contributed by atoms with van der Waals surface area (Å²) in [6, 6.07) is 0. The molecule has 0 aromatic carbocycles. The van der Waals surface area contributed by atoms with Crippen LogP contribution in [0.25, 0.3) is 0 Å². The highest BCUT2D eigenvalue weighted by atomic mass is 19.1. The van der Waals surface area contributed by atoms with Gasteiger partial charge in [0.2, 0.25) is 0 Å². The third kappa shape index (κ3) is 5.69. The molecular formula is C27H43FO3. The number of aliphatic hydroxyl groups is 3. The molecule has 0 aliphatic heterocycles. The monoisotopic (exact) mass is 434 g/mol. The first kappa shape index (κ1) is 24.7. The maximum Gasteiger partial charge on any atom is 0.0927 e. The number of hydrogen-bond donors (Lipinski definition) is 3. The van der Waals surface area contributed by atoms with Crippen LogP contribution in [0.1, 0.15) is 91.9 Å². The third-order valence-electron chi connectivity index (χ3n) is 8.47. The first-order valence-corrected chi connectivity index (χ1v) is 12.3. The van der Waals surface area contributed by atoms with Crippen molar-refractivity contribution in [3.05, 3.63) is 35.2 Å². The summed E-state index contributed by atoms with van der Waals surface area (Å²) in [6.07, 6.45) is 12.8. The minimum Gasteiger partial charge on any atom is -0.393 e. The van der Waals surface area contributed by atoms with E-state index in [-0.39, 0.29) is 6.42 Å². The minimum absolute atomic E-state index is 0.206. The van der Waals surface area contributed by atoms with E-state index in [0.717, 1.165) is 24.8 Å². The molecule has 3 N–H and O–H groups in total. The molecule has 3 saturated carbocycles. The van der Waals surface area contributed by atoms with Crippen molar-refractivity contribution in [3.8, 4) is 0 Å². The van der Waals surface area contributed by atoms with Gasteiger partial charge in [-0.1, -0.05) is 44.4 Å². The van der Waals surface area contributed by atoms with Crippen molar-refractivity contribution >= 4 is 0 Å². The van der Waals surface area contributed by atoms with E-state index < -0.39 is 17.8 Å². The fourth-order valence-corrected chi connectivity index (χ4v) is 6.84. The topological polar surface area (TPSA) is 60.7 Å². The van der Waals surface area contributed by atoms with E-state index in [1.165, 1.54) is 37.7 Å². The molecule has 0 aromatic heterocycles. The third-order valence-corrected chi connectivity index (χ3v) is 8.47. The molecule has 0 saturated heterocycles. The Morgan fingerprint density at radius 2 is 1.97 bits per heavy atom. The van der Waals surface area contributed by atoms with Crippen LogP contribution < -0.4 is 0 Å². The second-order valence-corrected chi connectivity index (χ2v) is 11.4. The van der Waals surface area contributed by atoms with Gasteiger partial charge in [0.05, 0.1) is 24.1 Å².